The van der Waals surface area contributed by atoms with E-state index in [1.54, 1.807) is 12.1 Å². The van der Waals surface area contributed by atoms with Gasteiger partial charge in [0.1, 0.15) is 0 Å². The number of hydrogen-bond donors (Lipinski definition) is 0. The smallest absolute Gasteiger partial charge is 0.269 e. The largest absolute Gasteiger partial charge is 0.376 e. The highest BCUT2D eigenvalue weighted by atomic mass is 16.6. The summed E-state index contributed by atoms with van der Waals surface area (Å²) < 4.78 is 5.58. The quantitative estimate of drug-likeness (QED) is 0.569. The second-order valence-electron chi connectivity index (χ2n) is 4.13. The van der Waals surface area contributed by atoms with E-state index in [0.29, 0.717) is 6.42 Å². The third-order valence-corrected chi connectivity index (χ3v) is 2.15. The Morgan fingerprint density at radius 3 is 2.62 bits per heavy atom. The van der Waals surface area contributed by atoms with Crippen LogP contribution in [0.25, 0.3) is 0 Å². The molecular formula is C12H17NO3. The first-order valence-corrected chi connectivity index (χ1v) is 5.38. The van der Waals surface area contributed by atoms with Crippen molar-refractivity contribution in [3.05, 3.63) is 39.9 Å². The Morgan fingerprint density at radius 2 is 2.06 bits per heavy atom. The number of nitro groups is 1. The van der Waals surface area contributed by atoms with E-state index in [1.165, 1.54) is 6.07 Å². The van der Waals surface area contributed by atoms with Gasteiger partial charge in [-0.25, -0.2) is 0 Å². The maximum atomic E-state index is 10.6. The highest BCUT2D eigenvalue weighted by molar-refractivity contribution is 5.34. The Balaban J connectivity index is 2.66. The number of nitrogens with zero attached hydrogens (tertiary/aromatic N) is 1. The summed E-state index contributed by atoms with van der Waals surface area (Å²) in [7, 11) is 0. The molecule has 0 heterocycles. The third kappa shape index (κ3) is 3.98. The van der Waals surface area contributed by atoms with Crippen molar-refractivity contribution in [2.24, 2.45) is 0 Å². The first-order valence-electron chi connectivity index (χ1n) is 5.38. The number of hydrogen-bond acceptors (Lipinski definition) is 3. The van der Waals surface area contributed by atoms with Crippen LogP contribution in [-0.4, -0.2) is 17.1 Å². The standard InChI is InChI=1S/C12H17NO3/c1-9(2)16-10(3)7-11-5-4-6-12(8-11)13(14)15/h4-6,8-10H,7H2,1-3H3. The molecule has 1 unspecified atom stereocenters. The van der Waals surface area contributed by atoms with Crippen LogP contribution in [0.4, 0.5) is 5.69 Å². The first kappa shape index (κ1) is 12.6. The van der Waals surface area contributed by atoms with Crippen LogP contribution in [0.5, 0.6) is 0 Å². The fourth-order valence-electron chi connectivity index (χ4n) is 1.64. The summed E-state index contributed by atoms with van der Waals surface area (Å²) >= 11 is 0. The average Bonchev–Trinajstić information content (AvgIpc) is 2.16. The summed E-state index contributed by atoms with van der Waals surface area (Å²) in [4.78, 5) is 10.2. The predicted molar refractivity (Wildman–Crippen MR) is 62.5 cm³/mol. The summed E-state index contributed by atoms with van der Waals surface area (Å²) in [6.45, 7) is 5.92. The van der Waals surface area contributed by atoms with Gasteiger partial charge in [-0.1, -0.05) is 12.1 Å². The SMILES string of the molecule is CC(C)OC(C)Cc1cccc([N+](=O)[O-])c1. The van der Waals surface area contributed by atoms with Crippen molar-refractivity contribution in [3.8, 4) is 0 Å². The Morgan fingerprint density at radius 1 is 1.38 bits per heavy atom. The molecule has 1 aromatic carbocycles. The van der Waals surface area contributed by atoms with Crippen LogP contribution >= 0.6 is 0 Å². The maximum Gasteiger partial charge on any atom is 0.269 e. The fourth-order valence-corrected chi connectivity index (χ4v) is 1.64. The van der Waals surface area contributed by atoms with Gasteiger partial charge in [-0.15, -0.1) is 0 Å². The lowest BCUT2D eigenvalue weighted by atomic mass is 10.1. The summed E-state index contributed by atoms with van der Waals surface area (Å²) in [6, 6.07) is 6.68. The van der Waals surface area contributed by atoms with E-state index in [0.717, 1.165) is 5.56 Å². The van der Waals surface area contributed by atoms with Gasteiger partial charge in [-0.05, 0) is 32.8 Å². The lowest BCUT2D eigenvalue weighted by molar-refractivity contribution is -0.384. The van der Waals surface area contributed by atoms with Gasteiger partial charge < -0.3 is 4.74 Å². The van der Waals surface area contributed by atoms with Gasteiger partial charge in [0, 0.05) is 12.1 Å². The zero-order valence-corrected chi connectivity index (χ0v) is 9.84. The minimum Gasteiger partial charge on any atom is -0.376 e. The second kappa shape index (κ2) is 5.61. The van der Waals surface area contributed by atoms with Crippen LogP contribution in [-0.2, 0) is 11.2 Å². The van der Waals surface area contributed by atoms with E-state index >= 15 is 0 Å². The Labute approximate surface area is 95.4 Å². The van der Waals surface area contributed by atoms with Gasteiger partial charge in [-0.3, -0.25) is 10.1 Å². The molecule has 0 aromatic heterocycles. The number of nitro benzene ring substituents is 1. The highest BCUT2D eigenvalue weighted by Crippen LogP contribution is 2.15. The van der Waals surface area contributed by atoms with Gasteiger partial charge in [0.05, 0.1) is 17.1 Å². The number of rotatable bonds is 5. The van der Waals surface area contributed by atoms with Crippen molar-refractivity contribution in [3.63, 3.8) is 0 Å². The third-order valence-electron chi connectivity index (χ3n) is 2.15. The summed E-state index contributed by atoms with van der Waals surface area (Å²) in [5.41, 5.74) is 1.07. The van der Waals surface area contributed by atoms with Gasteiger partial charge in [0.25, 0.3) is 5.69 Å². The molecule has 0 saturated carbocycles. The number of benzene rings is 1. The topological polar surface area (TPSA) is 52.4 Å². The normalized spacial score (nSPS) is 12.8. The van der Waals surface area contributed by atoms with Gasteiger partial charge in [0.2, 0.25) is 0 Å². The molecule has 0 bridgehead atoms. The molecule has 4 nitrogen and oxygen atoms in total. The predicted octanol–water partition coefficient (Wildman–Crippen LogP) is 2.95. The van der Waals surface area contributed by atoms with Crippen molar-refractivity contribution in [1.82, 2.24) is 0 Å². The average molecular weight is 223 g/mol. The molecule has 0 saturated heterocycles. The molecule has 0 aliphatic carbocycles. The van der Waals surface area contributed by atoms with Crippen molar-refractivity contribution in [2.75, 3.05) is 0 Å². The monoisotopic (exact) mass is 223 g/mol. The van der Waals surface area contributed by atoms with Gasteiger partial charge in [0.15, 0.2) is 0 Å². The molecule has 16 heavy (non-hydrogen) atoms. The van der Waals surface area contributed by atoms with Crippen molar-refractivity contribution < 1.29 is 9.66 Å². The summed E-state index contributed by atoms with van der Waals surface area (Å²) in [5, 5.41) is 10.6. The zero-order chi connectivity index (χ0) is 12.1. The molecule has 0 aliphatic rings. The molecule has 1 rings (SSSR count). The molecule has 0 fully saturated rings. The molecule has 0 radical (unpaired) electrons. The molecule has 0 amide bonds. The summed E-state index contributed by atoms with van der Waals surface area (Å²) in [5.74, 6) is 0. The Kier molecular flexibility index (Phi) is 4.43. The Bertz CT molecular complexity index is 363. The van der Waals surface area contributed by atoms with E-state index in [2.05, 4.69) is 0 Å². The number of non-ortho nitro benzene ring substituents is 1. The zero-order valence-electron chi connectivity index (χ0n) is 9.84. The van der Waals surface area contributed by atoms with Gasteiger partial charge >= 0.3 is 0 Å². The van der Waals surface area contributed by atoms with Crippen LogP contribution in [0, 0.1) is 10.1 Å². The Hall–Kier alpha value is -1.42. The van der Waals surface area contributed by atoms with E-state index in [1.807, 2.05) is 26.8 Å². The van der Waals surface area contributed by atoms with E-state index in [-0.39, 0.29) is 22.8 Å². The van der Waals surface area contributed by atoms with Crippen molar-refractivity contribution in [2.45, 2.75) is 39.4 Å². The molecule has 4 heteroatoms. The van der Waals surface area contributed by atoms with Crippen molar-refractivity contribution in [1.29, 1.82) is 0 Å². The fraction of sp³-hybridized carbons (Fsp3) is 0.500. The van der Waals surface area contributed by atoms with Crippen LogP contribution in [0.2, 0.25) is 0 Å². The lowest BCUT2D eigenvalue weighted by Crippen LogP contribution is -2.16. The lowest BCUT2D eigenvalue weighted by Gasteiger charge is -2.15. The van der Waals surface area contributed by atoms with E-state index in [4.69, 9.17) is 4.74 Å². The maximum absolute atomic E-state index is 10.6. The van der Waals surface area contributed by atoms with Gasteiger partial charge in [-0.2, -0.15) is 0 Å². The van der Waals surface area contributed by atoms with Crippen LogP contribution < -0.4 is 0 Å². The molecule has 0 aliphatic heterocycles. The molecule has 1 atom stereocenters. The molecule has 0 N–H and O–H groups in total. The highest BCUT2D eigenvalue weighted by Gasteiger charge is 2.09. The molecule has 88 valence electrons. The first-order chi connectivity index (χ1) is 7.49. The minimum atomic E-state index is -0.378. The molecule has 1 aromatic rings. The van der Waals surface area contributed by atoms with E-state index in [9.17, 15) is 10.1 Å². The molecule has 0 spiro atoms. The van der Waals surface area contributed by atoms with Crippen LogP contribution in [0.1, 0.15) is 26.3 Å². The minimum absolute atomic E-state index is 0.0713. The molecular weight excluding hydrogens is 206 g/mol. The van der Waals surface area contributed by atoms with Crippen molar-refractivity contribution >= 4 is 5.69 Å². The summed E-state index contributed by atoms with van der Waals surface area (Å²) in [6.07, 6.45) is 0.940. The van der Waals surface area contributed by atoms with Crippen LogP contribution in [0.3, 0.4) is 0 Å². The number of ether oxygens (including phenoxy) is 1. The second-order valence-corrected chi connectivity index (χ2v) is 4.13. The van der Waals surface area contributed by atoms with Crippen LogP contribution in [0.15, 0.2) is 24.3 Å². The van der Waals surface area contributed by atoms with E-state index < -0.39 is 0 Å².